The molecule has 0 aromatic heterocycles. The zero-order valence-electron chi connectivity index (χ0n) is 7.91. The SMILES string of the molecule is C=CC(=C)C(C)=C(CC)CC. The molecule has 11 heavy (non-hydrogen) atoms. The van der Waals surface area contributed by atoms with E-state index in [0.29, 0.717) is 0 Å². The monoisotopic (exact) mass is 150 g/mol. The van der Waals surface area contributed by atoms with E-state index in [9.17, 15) is 0 Å². The lowest BCUT2D eigenvalue weighted by atomic mass is 9.99. The highest BCUT2D eigenvalue weighted by molar-refractivity contribution is 5.38. The third kappa shape index (κ3) is 2.75. The molecule has 0 fully saturated rings. The smallest absolute Gasteiger partial charge is 0.0306 e. The fourth-order valence-electron chi connectivity index (χ4n) is 1.16. The molecule has 0 radical (unpaired) electrons. The van der Waals surface area contributed by atoms with Crippen molar-refractivity contribution in [3.05, 3.63) is 36.0 Å². The molecule has 0 heterocycles. The van der Waals surface area contributed by atoms with Gasteiger partial charge in [-0.3, -0.25) is 0 Å². The molecule has 62 valence electrons. The van der Waals surface area contributed by atoms with Gasteiger partial charge in [0.1, 0.15) is 0 Å². The highest BCUT2D eigenvalue weighted by Crippen LogP contribution is 2.18. The van der Waals surface area contributed by atoms with Gasteiger partial charge in [-0.2, -0.15) is 0 Å². The van der Waals surface area contributed by atoms with Crippen LogP contribution < -0.4 is 0 Å². The number of hydrogen-bond acceptors (Lipinski definition) is 0. The van der Waals surface area contributed by atoms with Crippen LogP contribution in [0.2, 0.25) is 0 Å². The molecule has 0 nitrogen and oxygen atoms in total. The maximum absolute atomic E-state index is 3.91. The minimum atomic E-state index is 1.06. The van der Waals surface area contributed by atoms with E-state index < -0.39 is 0 Å². The van der Waals surface area contributed by atoms with Crippen LogP contribution >= 0.6 is 0 Å². The molecular weight excluding hydrogens is 132 g/mol. The highest BCUT2D eigenvalue weighted by Gasteiger charge is 1.98. The predicted octanol–water partition coefficient (Wildman–Crippen LogP) is 3.87. The Morgan fingerprint density at radius 2 is 1.73 bits per heavy atom. The van der Waals surface area contributed by atoms with Crippen molar-refractivity contribution in [2.45, 2.75) is 33.6 Å². The summed E-state index contributed by atoms with van der Waals surface area (Å²) in [5.41, 5.74) is 3.85. The van der Waals surface area contributed by atoms with Gasteiger partial charge in [-0.25, -0.2) is 0 Å². The molecule has 0 aromatic rings. The van der Waals surface area contributed by atoms with Crippen molar-refractivity contribution in [2.75, 3.05) is 0 Å². The van der Waals surface area contributed by atoms with Gasteiger partial charge in [0.15, 0.2) is 0 Å². The summed E-state index contributed by atoms with van der Waals surface area (Å²) >= 11 is 0. The van der Waals surface area contributed by atoms with Crippen LogP contribution in [0.15, 0.2) is 36.0 Å². The molecular formula is C11H18. The van der Waals surface area contributed by atoms with Crippen LogP contribution in [-0.2, 0) is 0 Å². The largest absolute Gasteiger partial charge is 0.0985 e. The first-order chi connectivity index (χ1) is 5.17. The van der Waals surface area contributed by atoms with Crippen LogP contribution in [0, 0.1) is 0 Å². The molecule has 0 saturated carbocycles. The molecule has 0 N–H and O–H groups in total. The maximum Gasteiger partial charge on any atom is -0.0306 e. The second-order valence-corrected chi connectivity index (χ2v) is 2.67. The topological polar surface area (TPSA) is 0 Å². The van der Waals surface area contributed by atoms with E-state index in [4.69, 9.17) is 0 Å². The van der Waals surface area contributed by atoms with Gasteiger partial charge in [0.2, 0.25) is 0 Å². The molecule has 0 unspecified atom stereocenters. The summed E-state index contributed by atoms with van der Waals surface area (Å²) in [6, 6.07) is 0. The van der Waals surface area contributed by atoms with Crippen molar-refractivity contribution in [2.24, 2.45) is 0 Å². The van der Waals surface area contributed by atoms with E-state index in [-0.39, 0.29) is 0 Å². The quantitative estimate of drug-likeness (QED) is 0.534. The molecule has 0 aromatic carbocycles. The van der Waals surface area contributed by atoms with Gasteiger partial charge in [-0.05, 0) is 30.9 Å². The number of allylic oxidation sites excluding steroid dienone is 4. The Balaban J connectivity index is 4.59. The average molecular weight is 150 g/mol. The summed E-state index contributed by atoms with van der Waals surface area (Å²) in [4.78, 5) is 0. The van der Waals surface area contributed by atoms with Crippen LogP contribution in [0.25, 0.3) is 0 Å². The third-order valence-corrected chi connectivity index (χ3v) is 2.11. The lowest BCUT2D eigenvalue weighted by molar-refractivity contribution is 0.952. The fraction of sp³-hybridized carbons (Fsp3) is 0.455. The Hall–Kier alpha value is -0.780. The third-order valence-electron chi connectivity index (χ3n) is 2.11. The summed E-state index contributed by atoms with van der Waals surface area (Å²) in [6.45, 7) is 14.1. The zero-order valence-corrected chi connectivity index (χ0v) is 7.91. The summed E-state index contributed by atoms with van der Waals surface area (Å²) in [5.74, 6) is 0. The fourth-order valence-corrected chi connectivity index (χ4v) is 1.16. The highest BCUT2D eigenvalue weighted by atomic mass is 14.0. The summed E-state index contributed by atoms with van der Waals surface area (Å²) in [7, 11) is 0. The van der Waals surface area contributed by atoms with Gasteiger partial charge in [-0.1, -0.05) is 38.7 Å². The molecule has 0 aliphatic heterocycles. The first-order valence-electron chi connectivity index (χ1n) is 4.17. The molecule has 0 saturated heterocycles. The zero-order chi connectivity index (χ0) is 8.85. The predicted molar refractivity (Wildman–Crippen MR) is 52.6 cm³/mol. The second-order valence-electron chi connectivity index (χ2n) is 2.67. The van der Waals surface area contributed by atoms with Crippen molar-refractivity contribution < 1.29 is 0 Å². The molecule has 0 bridgehead atoms. The van der Waals surface area contributed by atoms with Crippen molar-refractivity contribution in [1.82, 2.24) is 0 Å². The first-order valence-corrected chi connectivity index (χ1v) is 4.17. The average Bonchev–Trinajstić information content (AvgIpc) is 2.05. The standard InChI is InChI=1S/C11H18/c1-6-9(4)10(5)11(7-2)8-3/h6H,1,4,7-8H2,2-3,5H3. The molecule has 0 aliphatic carbocycles. The number of rotatable bonds is 4. The Bertz CT molecular complexity index is 176. The molecule has 0 rings (SSSR count). The van der Waals surface area contributed by atoms with Crippen LogP contribution in [0.5, 0.6) is 0 Å². The van der Waals surface area contributed by atoms with Crippen LogP contribution in [0.4, 0.5) is 0 Å². The second kappa shape index (κ2) is 4.95. The van der Waals surface area contributed by atoms with Crippen molar-refractivity contribution in [3.8, 4) is 0 Å². The van der Waals surface area contributed by atoms with E-state index >= 15 is 0 Å². The van der Waals surface area contributed by atoms with Gasteiger partial charge >= 0.3 is 0 Å². The minimum Gasteiger partial charge on any atom is -0.0985 e. The Morgan fingerprint density at radius 3 is 2.00 bits per heavy atom. The lowest BCUT2D eigenvalue weighted by Crippen LogP contribution is -1.87. The lowest BCUT2D eigenvalue weighted by Gasteiger charge is -2.07. The van der Waals surface area contributed by atoms with E-state index in [1.54, 1.807) is 0 Å². The Morgan fingerprint density at radius 1 is 1.27 bits per heavy atom. The summed E-state index contributed by atoms with van der Waals surface area (Å²) in [5, 5.41) is 0. The van der Waals surface area contributed by atoms with Crippen molar-refractivity contribution >= 4 is 0 Å². The molecule has 0 spiro atoms. The van der Waals surface area contributed by atoms with Crippen LogP contribution in [0.1, 0.15) is 33.6 Å². The first kappa shape index (κ1) is 10.2. The van der Waals surface area contributed by atoms with Crippen LogP contribution in [-0.4, -0.2) is 0 Å². The van der Waals surface area contributed by atoms with E-state index in [0.717, 1.165) is 18.4 Å². The molecule has 0 amide bonds. The molecule has 0 heteroatoms. The van der Waals surface area contributed by atoms with Gasteiger partial charge in [0, 0.05) is 0 Å². The normalized spacial score (nSPS) is 9.00. The van der Waals surface area contributed by atoms with Gasteiger partial charge in [-0.15, -0.1) is 0 Å². The summed E-state index contributed by atoms with van der Waals surface area (Å²) < 4.78 is 0. The minimum absolute atomic E-state index is 1.06. The number of hydrogen-bond donors (Lipinski definition) is 0. The van der Waals surface area contributed by atoms with Gasteiger partial charge in [0.05, 0.1) is 0 Å². The maximum atomic E-state index is 3.91. The van der Waals surface area contributed by atoms with Gasteiger partial charge < -0.3 is 0 Å². The molecule has 0 aliphatic rings. The Kier molecular flexibility index (Phi) is 4.60. The Labute approximate surface area is 70.3 Å². The van der Waals surface area contributed by atoms with Crippen molar-refractivity contribution in [1.29, 1.82) is 0 Å². The van der Waals surface area contributed by atoms with Crippen molar-refractivity contribution in [3.63, 3.8) is 0 Å². The van der Waals surface area contributed by atoms with E-state index in [2.05, 4.69) is 33.9 Å². The van der Waals surface area contributed by atoms with Gasteiger partial charge in [0.25, 0.3) is 0 Å². The summed E-state index contributed by atoms with van der Waals surface area (Å²) in [6.07, 6.45) is 4.06. The van der Waals surface area contributed by atoms with E-state index in [1.165, 1.54) is 11.1 Å². The molecule has 0 atom stereocenters. The van der Waals surface area contributed by atoms with E-state index in [1.807, 2.05) is 6.08 Å². The van der Waals surface area contributed by atoms with Crippen LogP contribution in [0.3, 0.4) is 0 Å².